The molecule has 7 heteroatoms. The maximum Gasteiger partial charge on any atom is 0.410 e. The van der Waals surface area contributed by atoms with Crippen LogP contribution in [0, 0.1) is 0 Å². The number of fused-ring (bicyclic) bond motifs is 1. The minimum Gasteiger partial charge on any atom is -0.507 e. The molecule has 0 spiro atoms. The number of aryl methyl sites for hydroxylation is 1. The van der Waals surface area contributed by atoms with E-state index in [0.29, 0.717) is 11.8 Å². The lowest BCUT2D eigenvalue weighted by atomic mass is 10.1. The van der Waals surface area contributed by atoms with E-state index in [9.17, 15) is 18.7 Å². The number of aromatic hydroxyl groups is 1. The van der Waals surface area contributed by atoms with Crippen molar-refractivity contribution in [2.75, 3.05) is 13.1 Å². The van der Waals surface area contributed by atoms with E-state index in [1.165, 1.54) is 0 Å². The minimum atomic E-state index is -2.64. The van der Waals surface area contributed by atoms with E-state index < -0.39 is 24.7 Å². The Morgan fingerprint density at radius 2 is 2.04 bits per heavy atom. The molecule has 1 aromatic heterocycles. The van der Waals surface area contributed by atoms with Crippen molar-refractivity contribution in [3.05, 3.63) is 30.0 Å². The van der Waals surface area contributed by atoms with E-state index >= 15 is 0 Å². The number of amides is 1. The first-order valence-electron chi connectivity index (χ1n) is 8.10. The van der Waals surface area contributed by atoms with E-state index in [0.717, 1.165) is 16.0 Å². The second-order valence-corrected chi connectivity index (χ2v) is 7.00. The van der Waals surface area contributed by atoms with E-state index in [1.54, 1.807) is 32.9 Å². The summed E-state index contributed by atoms with van der Waals surface area (Å²) in [7, 11) is 1.84. The molecule has 0 unspecified atom stereocenters. The van der Waals surface area contributed by atoms with Gasteiger partial charge >= 0.3 is 6.09 Å². The lowest BCUT2D eigenvalue weighted by molar-refractivity contribution is 0.0106. The Balaban J connectivity index is 2.19. The molecule has 5 nitrogen and oxygen atoms in total. The fourth-order valence-corrected chi connectivity index (χ4v) is 2.71. The highest BCUT2D eigenvalue weighted by Crippen LogP contribution is 2.29. The smallest absolute Gasteiger partial charge is 0.410 e. The fourth-order valence-electron chi connectivity index (χ4n) is 2.71. The number of benzene rings is 1. The number of hydrogen-bond donors (Lipinski definition) is 1. The van der Waals surface area contributed by atoms with Crippen molar-refractivity contribution < 1.29 is 23.4 Å². The maximum absolute atomic E-state index is 12.8. The van der Waals surface area contributed by atoms with Gasteiger partial charge in [-0.05, 0) is 44.9 Å². The van der Waals surface area contributed by atoms with Crippen molar-refractivity contribution >= 4 is 17.0 Å². The topological polar surface area (TPSA) is 54.7 Å². The Hall–Kier alpha value is -2.31. The molecule has 1 heterocycles. The third-order valence-corrected chi connectivity index (χ3v) is 3.73. The predicted molar refractivity (Wildman–Crippen MR) is 92.1 cm³/mol. The van der Waals surface area contributed by atoms with Crippen LogP contribution >= 0.6 is 0 Å². The number of carbonyl (C=O) groups excluding carboxylic acids is 1. The summed E-state index contributed by atoms with van der Waals surface area (Å²) in [6, 6.07) is 5.19. The highest BCUT2D eigenvalue weighted by molar-refractivity contribution is 5.89. The molecule has 0 saturated carbocycles. The van der Waals surface area contributed by atoms with Crippen molar-refractivity contribution in [2.24, 2.45) is 7.05 Å². The summed E-state index contributed by atoms with van der Waals surface area (Å²) in [5.41, 5.74) is 0.876. The van der Waals surface area contributed by atoms with Crippen molar-refractivity contribution in [2.45, 2.75) is 39.2 Å². The number of nitrogens with zero attached hydrogens (tertiary/aromatic N) is 2. The Morgan fingerprint density at radius 3 is 2.64 bits per heavy atom. The summed E-state index contributed by atoms with van der Waals surface area (Å²) in [5.74, 6) is 0.130. The van der Waals surface area contributed by atoms with E-state index in [1.807, 2.05) is 23.9 Å². The third-order valence-electron chi connectivity index (χ3n) is 3.73. The van der Waals surface area contributed by atoms with Crippen LogP contribution in [-0.2, 0) is 18.2 Å². The monoisotopic (exact) mass is 354 g/mol. The van der Waals surface area contributed by atoms with Crippen LogP contribution in [0.1, 0.15) is 26.3 Å². The average molecular weight is 354 g/mol. The van der Waals surface area contributed by atoms with Crippen molar-refractivity contribution in [3.63, 3.8) is 0 Å². The molecule has 0 atom stereocenters. The first-order chi connectivity index (χ1) is 11.6. The van der Waals surface area contributed by atoms with Gasteiger partial charge in [0, 0.05) is 25.2 Å². The van der Waals surface area contributed by atoms with Crippen LogP contribution < -0.4 is 0 Å². The molecule has 0 radical (unpaired) electrons. The minimum absolute atomic E-state index is 0.0761. The molecule has 2 aromatic rings. The van der Waals surface area contributed by atoms with Gasteiger partial charge in [0.1, 0.15) is 11.4 Å². The highest BCUT2D eigenvalue weighted by Gasteiger charge is 2.25. The van der Waals surface area contributed by atoms with Crippen molar-refractivity contribution in [1.82, 2.24) is 9.47 Å². The predicted octanol–water partition coefficient (Wildman–Crippen LogP) is 3.93. The first kappa shape index (κ1) is 19.0. The molecule has 138 valence electrons. The lowest BCUT2D eigenvalue weighted by Gasteiger charge is -2.27. The summed E-state index contributed by atoms with van der Waals surface area (Å²) in [4.78, 5) is 13.2. The number of phenols is 1. The van der Waals surface area contributed by atoms with Crippen LogP contribution in [0.4, 0.5) is 13.6 Å². The fraction of sp³-hybridized carbons (Fsp3) is 0.500. The number of hydrogen-bond acceptors (Lipinski definition) is 3. The molecular weight excluding hydrogens is 330 g/mol. The average Bonchev–Trinajstić information content (AvgIpc) is 2.79. The normalized spacial score (nSPS) is 12.0. The quantitative estimate of drug-likeness (QED) is 0.885. The van der Waals surface area contributed by atoms with Crippen molar-refractivity contribution in [1.29, 1.82) is 0 Å². The Morgan fingerprint density at radius 1 is 1.36 bits per heavy atom. The summed E-state index contributed by atoms with van der Waals surface area (Å²) in [6.45, 7) is 4.45. The molecule has 0 bridgehead atoms. The van der Waals surface area contributed by atoms with Gasteiger partial charge < -0.3 is 19.3 Å². The van der Waals surface area contributed by atoms with Crippen LogP contribution in [0.2, 0.25) is 0 Å². The zero-order valence-corrected chi connectivity index (χ0v) is 14.9. The zero-order chi connectivity index (χ0) is 18.8. The number of aromatic nitrogens is 1. The summed E-state index contributed by atoms with van der Waals surface area (Å²) < 4.78 is 32.7. The summed E-state index contributed by atoms with van der Waals surface area (Å²) in [6.07, 6.45) is -1.24. The maximum atomic E-state index is 12.8. The Kier molecular flexibility index (Phi) is 5.55. The van der Waals surface area contributed by atoms with Crippen LogP contribution in [0.3, 0.4) is 0 Å². The van der Waals surface area contributed by atoms with Gasteiger partial charge in [-0.1, -0.05) is 6.07 Å². The van der Waals surface area contributed by atoms with E-state index in [2.05, 4.69) is 0 Å². The number of halogens is 2. The number of carbonyl (C=O) groups is 1. The van der Waals surface area contributed by atoms with Gasteiger partial charge in [0.25, 0.3) is 6.43 Å². The molecule has 25 heavy (non-hydrogen) atoms. The summed E-state index contributed by atoms with van der Waals surface area (Å²) >= 11 is 0. The molecular formula is C18H24F2N2O3. The van der Waals surface area contributed by atoms with Crippen molar-refractivity contribution in [3.8, 4) is 5.75 Å². The molecule has 0 aliphatic carbocycles. The van der Waals surface area contributed by atoms with Crippen LogP contribution in [0.25, 0.3) is 10.9 Å². The largest absolute Gasteiger partial charge is 0.507 e. The number of phenolic OH excluding ortho intramolecular Hbond substituents is 1. The molecule has 2 rings (SSSR count). The standard InChI is InChI=1S/C18H24F2N2O3/c1-18(2,3)25-17(24)22(11-15(19)20)9-8-12-10-21(4)13-6-5-7-14(23)16(12)13/h5-7,10,15,23H,8-9,11H2,1-4H3. The van der Waals surface area contributed by atoms with Gasteiger partial charge in [0.2, 0.25) is 0 Å². The van der Waals surface area contributed by atoms with Gasteiger partial charge in [-0.3, -0.25) is 0 Å². The van der Waals surface area contributed by atoms with Gasteiger partial charge in [0.15, 0.2) is 0 Å². The van der Waals surface area contributed by atoms with Crippen LogP contribution in [0.15, 0.2) is 24.4 Å². The van der Waals surface area contributed by atoms with Gasteiger partial charge in [-0.25, -0.2) is 13.6 Å². The number of ether oxygens (including phenoxy) is 1. The highest BCUT2D eigenvalue weighted by atomic mass is 19.3. The molecule has 1 N–H and O–H groups in total. The van der Waals surface area contributed by atoms with E-state index in [-0.39, 0.29) is 12.3 Å². The van der Waals surface area contributed by atoms with E-state index in [4.69, 9.17) is 4.74 Å². The zero-order valence-electron chi connectivity index (χ0n) is 14.9. The molecule has 0 fully saturated rings. The SMILES string of the molecule is Cn1cc(CCN(CC(F)F)C(=O)OC(C)(C)C)c2c(O)cccc21. The van der Waals surface area contributed by atoms with Gasteiger partial charge in [-0.2, -0.15) is 0 Å². The molecule has 1 aromatic carbocycles. The van der Waals surface area contributed by atoms with Crippen LogP contribution in [0.5, 0.6) is 5.75 Å². The van der Waals surface area contributed by atoms with Gasteiger partial charge in [-0.15, -0.1) is 0 Å². The first-order valence-corrected chi connectivity index (χ1v) is 8.10. The Labute approximate surface area is 145 Å². The molecule has 0 saturated heterocycles. The third kappa shape index (κ3) is 4.84. The second-order valence-electron chi connectivity index (χ2n) is 7.00. The van der Waals surface area contributed by atoms with Gasteiger partial charge in [0.05, 0.1) is 12.1 Å². The number of rotatable bonds is 5. The Bertz CT molecular complexity index is 751. The second kappa shape index (κ2) is 7.29. The molecule has 0 aliphatic heterocycles. The lowest BCUT2D eigenvalue weighted by Crippen LogP contribution is -2.40. The summed E-state index contributed by atoms with van der Waals surface area (Å²) in [5, 5.41) is 10.8. The molecule has 1 amide bonds. The van der Waals surface area contributed by atoms with Crippen LogP contribution in [-0.4, -0.2) is 45.8 Å². The number of alkyl halides is 2. The molecule has 0 aliphatic rings.